The maximum absolute atomic E-state index is 12.0. The number of terminal acetylenes is 1. The van der Waals surface area contributed by atoms with Crippen LogP contribution in [-0.2, 0) is 6.54 Å². The molecule has 1 heterocycles. The van der Waals surface area contributed by atoms with Gasteiger partial charge in [0, 0.05) is 13.1 Å². The second-order valence-corrected chi connectivity index (χ2v) is 4.81. The Morgan fingerprint density at radius 1 is 1.52 bits per heavy atom. The van der Waals surface area contributed by atoms with Gasteiger partial charge >= 0.3 is 6.03 Å². The molecule has 0 aliphatic carbocycles. The van der Waals surface area contributed by atoms with Gasteiger partial charge in [0.15, 0.2) is 0 Å². The number of benzene rings is 1. The molecule has 21 heavy (non-hydrogen) atoms. The number of ether oxygens (including phenoxy) is 1. The summed E-state index contributed by atoms with van der Waals surface area (Å²) in [5.41, 5.74) is 0.964. The van der Waals surface area contributed by atoms with Gasteiger partial charge < -0.3 is 15.0 Å². The molecule has 0 saturated carbocycles. The maximum atomic E-state index is 12.0. The standard InChI is InChI=1S/C15H17N3O3/c1-2-8-21-14-5-3-4-12(9-14)11-18-7-6-13(10-16-20)17-15(18)19/h1,3-5,9,13H,6-8,10-11H2,(H,17,19). The van der Waals surface area contributed by atoms with Crippen molar-refractivity contribution in [2.75, 3.05) is 19.7 Å². The molecule has 1 aliphatic heterocycles. The number of hydrogen-bond acceptors (Lipinski definition) is 4. The maximum Gasteiger partial charge on any atom is 0.317 e. The lowest BCUT2D eigenvalue weighted by atomic mass is 10.1. The first-order valence-corrected chi connectivity index (χ1v) is 6.72. The number of nitrogens with zero attached hydrogens (tertiary/aromatic N) is 2. The first-order valence-electron chi connectivity index (χ1n) is 6.72. The summed E-state index contributed by atoms with van der Waals surface area (Å²) in [4.78, 5) is 23.9. The van der Waals surface area contributed by atoms with E-state index in [-0.39, 0.29) is 25.2 Å². The molecule has 1 aromatic rings. The molecule has 6 heteroatoms. The van der Waals surface area contributed by atoms with Gasteiger partial charge in [0.1, 0.15) is 18.9 Å². The van der Waals surface area contributed by atoms with Gasteiger partial charge in [-0.2, -0.15) is 4.91 Å². The molecule has 6 nitrogen and oxygen atoms in total. The van der Waals surface area contributed by atoms with E-state index in [0.717, 1.165) is 5.56 Å². The van der Waals surface area contributed by atoms with Crippen molar-refractivity contribution < 1.29 is 9.53 Å². The third-order valence-corrected chi connectivity index (χ3v) is 3.25. The van der Waals surface area contributed by atoms with Crippen LogP contribution in [0.1, 0.15) is 12.0 Å². The SMILES string of the molecule is C#CCOc1cccc(CN2CCC(CN=O)NC2=O)c1. The van der Waals surface area contributed by atoms with Crippen molar-refractivity contribution in [3.63, 3.8) is 0 Å². The summed E-state index contributed by atoms with van der Waals surface area (Å²) in [5.74, 6) is 3.10. The van der Waals surface area contributed by atoms with Crippen LogP contribution in [0.4, 0.5) is 4.79 Å². The van der Waals surface area contributed by atoms with Crippen LogP contribution in [0.3, 0.4) is 0 Å². The van der Waals surface area contributed by atoms with Crippen molar-refractivity contribution in [3.05, 3.63) is 34.7 Å². The summed E-state index contributed by atoms with van der Waals surface area (Å²) in [6, 6.07) is 7.14. The number of nitrogens with one attached hydrogen (secondary N) is 1. The number of hydrogen-bond donors (Lipinski definition) is 1. The largest absolute Gasteiger partial charge is 0.481 e. The normalized spacial score (nSPS) is 17.8. The fourth-order valence-corrected chi connectivity index (χ4v) is 2.21. The van der Waals surface area contributed by atoms with Crippen LogP contribution >= 0.6 is 0 Å². The minimum absolute atomic E-state index is 0.120. The van der Waals surface area contributed by atoms with Crippen LogP contribution < -0.4 is 10.1 Å². The number of rotatable bonds is 6. The minimum atomic E-state index is -0.176. The van der Waals surface area contributed by atoms with E-state index < -0.39 is 0 Å². The van der Waals surface area contributed by atoms with E-state index in [0.29, 0.717) is 25.3 Å². The molecule has 1 atom stereocenters. The molecule has 1 aliphatic rings. The Morgan fingerprint density at radius 3 is 3.10 bits per heavy atom. The molecule has 0 radical (unpaired) electrons. The number of amides is 2. The van der Waals surface area contributed by atoms with E-state index in [2.05, 4.69) is 16.4 Å². The Hall–Kier alpha value is -2.55. The van der Waals surface area contributed by atoms with Crippen LogP contribution in [0.2, 0.25) is 0 Å². The highest BCUT2D eigenvalue weighted by Crippen LogP contribution is 2.16. The molecule has 1 aromatic carbocycles. The van der Waals surface area contributed by atoms with Gasteiger partial charge in [0.05, 0.1) is 6.04 Å². The Kier molecular flexibility index (Phi) is 5.16. The van der Waals surface area contributed by atoms with Crippen molar-refractivity contribution in [1.82, 2.24) is 10.2 Å². The number of nitroso groups, excluding NO2 is 1. The molecule has 2 rings (SSSR count). The Morgan fingerprint density at radius 2 is 2.38 bits per heavy atom. The molecule has 1 fully saturated rings. The molecule has 110 valence electrons. The zero-order chi connectivity index (χ0) is 15.1. The summed E-state index contributed by atoms with van der Waals surface area (Å²) in [6.07, 6.45) is 5.87. The van der Waals surface area contributed by atoms with E-state index >= 15 is 0 Å². The van der Waals surface area contributed by atoms with Crippen molar-refractivity contribution >= 4 is 6.03 Å². The van der Waals surface area contributed by atoms with Crippen molar-refractivity contribution in [2.45, 2.75) is 19.0 Å². The average Bonchev–Trinajstić information content (AvgIpc) is 2.49. The third-order valence-electron chi connectivity index (χ3n) is 3.25. The molecular weight excluding hydrogens is 270 g/mol. The first kappa shape index (κ1) is 14.9. The first-order chi connectivity index (χ1) is 10.2. The van der Waals surface area contributed by atoms with Crippen LogP contribution in [0, 0.1) is 17.3 Å². The van der Waals surface area contributed by atoms with Crippen LogP contribution in [0.15, 0.2) is 29.4 Å². The second kappa shape index (κ2) is 7.29. The summed E-state index contributed by atoms with van der Waals surface area (Å²) in [5, 5.41) is 5.60. The lowest BCUT2D eigenvalue weighted by Gasteiger charge is -2.32. The number of carbonyl (C=O) groups excluding carboxylic acids is 1. The summed E-state index contributed by atoms with van der Waals surface area (Å²) < 4.78 is 5.36. The third kappa shape index (κ3) is 4.21. The van der Waals surface area contributed by atoms with Gasteiger partial charge in [-0.05, 0) is 24.1 Å². The van der Waals surface area contributed by atoms with Crippen LogP contribution in [-0.4, -0.2) is 36.7 Å². The van der Waals surface area contributed by atoms with E-state index in [1.54, 1.807) is 4.90 Å². The predicted octanol–water partition coefficient (Wildman–Crippen LogP) is 1.75. The Balaban J connectivity index is 1.94. The van der Waals surface area contributed by atoms with Crippen LogP contribution in [0.5, 0.6) is 5.75 Å². The molecule has 0 spiro atoms. The predicted molar refractivity (Wildman–Crippen MR) is 78.8 cm³/mol. The molecule has 0 bridgehead atoms. The van der Waals surface area contributed by atoms with E-state index in [1.165, 1.54) is 0 Å². The zero-order valence-corrected chi connectivity index (χ0v) is 11.6. The van der Waals surface area contributed by atoms with Crippen molar-refractivity contribution in [3.8, 4) is 18.1 Å². The summed E-state index contributed by atoms with van der Waals surface area (Å²) in [6.45, 7) is 1.42. The smallest absolute Gasteiger partial charge is 0.317 e. The highest BCUT2D eigenvalue weighted by atomic mass is 16.5. The lowest BCUT2D eigenvalue weighted by Crippen LogP contribution is -2.52. The second-order valence-electron chi connectivity index (χ2n) is 4.81. The molecule has 1 N–H and O–H groups in total. The fraction of sp³-hybridized carbons (Fsp3) is 0.400. The van der Waals surface area contributed by atoms with Gasteiger partial charge in [0.25, 0.3) is 0 Å². The summed E-state index contributed by atoms with van der Waals surface area (Å²) in [7, 11) is 0. The van der Waals surface area contributed by atoms with Crippen molar-refractivity contribution in [2.24, 2.45) is 5.18 Å². The Bertz CT molecular complexity index is 553. The quantitative estimate of drug-likeness (QED) is 0.640. The Labute approximate surface area is 123 Å². The molecular formula is C15H17N3O3. The lowest BCUT2D eigenvalue weighted by molar-refractivity contribution is 0.172. The topological polar surface area (TPSA) is 71.0 Å². The minimum Gasteiger partial charge on any atom is -0.481 e. The molecule has 0 aromatic heterocycles. The molecule has 1 saturated heterocycles. The van der Waals surface area contributed by atoms with E-state index in [9.17, 15) is 9.70 Å². The van der Waals surface area contributed by atoms with Gasteiger partial charge in [-0.1, -0.05) is 23.2 Å². The van der Waals surface area contributed by atoms with Gasteiger partial charge in [-0.15, -0.1) is 6.42 Å². The van der Waals surface area contributed by atoms with E-state index in [1.807, 2.05) is 24.3 Å². The van der Waals surface area contributed by atoms with Gasteiger partial charge in [-0.3, -0.25) is 0 Å². The summed E-state index contributed by atoms with van der Waals surface area (Å²) >= 11 is 0. The number of carbonyl (C=O) groups is 1. The molecule has 2 amide bonds. The highest BCUT2D eigenvalue weighted by molar-refractivity contribution is 5.75. The van der Waals surface area contributed by atoms with Gasteiger partial charge in [-0.25, -0.2) is 4.79 Å². The fourth-order valence-electron chi connectivity index (χ4n) is 2.21. The average molecular weight is 287 g/mol. The van der Waals surface area contributed by atoms with Crippen molar-refractivity contribution in [1.29, 1.82) is 0 Å². The zero-order valence-electron chi connectivity index (χ0n) is 11.6. The number of urea groups is 1. The highest BCUT2D eigenvalue weighted by Gasteiger charge is 2.24. The van der Waals surface area contributed by atoms with Crippen LogP contribution in [0.25, 0.3) is 0 Å². The molecule has 1 unspecified atom stereocenters. The van der Waals surface area contributed by atoms with Gasteiger partial charge in [0.2, 0.25) is 0 Å². The van der Waals surface area contributed by atoms with E-state index in [4.69, 9.17) is 11.2 Å². The monoisotopic (exact) mass is 287 g/mol.